The molecule has 0 radical (unpaired) electrons. The van der Waals surface area contributed by atoms with Gasteiger partial charge in [0.15, 0.2) is 6.10 Å². The summed E-state index contributed by atoms with van der Waals surface area (Å²) in [4.78, 5) is 14.2. The molecule has 33 heavy (non-hydrogen) atoms. The zero-order valence-electron chi connectivity index (χ0n) is 18.2. The summed E-state index contributed by atoms with van der Waals surface area (Å²) in [5.74, 6) is -1.16. The number of halogens is 4. The van der Waals surface area contributed by atoms with Crippen LogP contribution >= 0.6 is 0 Å². The SMILES string of the molecule is Cc1cc([C@@H](C)NC(=O)C2CN(C)c3cc(C(F)(F)F)ccc3O2)c(F)cc1NS(C)(=O)=O. The Morgan fingerprint density at radius 2 is 1.91 bits per heavy atom. The Kier molecular flexibility index (Phi) is 6.51. The van der Waals surface area contributed by atoms with Gasteiger partial charge < -0.3 is 15.0 Å². The number of nitrogens with one attached hydrogen (secondary N) is 2. The minimum atomic E-state index is -4.51. The fourth-order valence-corrected chi connectivity index (χ4v) is 4.11. The maximum Gasteiger partial charge on any atom is 0.416 e. The standard InChI is InChI=1S/C21H23F4N3O4S/c1-11-7-14(15(22)9-16(11)27-33(4,30)31)12(2)26-20(29)19-10-28(3)17-8-13(21(23,24)25)5-6-18(17)32-19/h5-9,12,19,27H,10H2,1-4H3,(H,26,29)/t12-,19?/m1/s1. The topological polar surface area (TPSA) is 87.7 Å². The first kappa shape index (κ1) is 24.6. The summed E-state index contributed by atoms with van der Waals surface area (Å²) in [5, 5.41) is 2.64. The average molecular weight is 489 g/mol. The molecule has 12 heteroatoms. The first-order valence-electron chi connectivity index (χ1n) is 9.83. The van der Waals surface area contributed by atoms with Gasteiger partial charge in [-0.2, -0.15) is 13.2 Å². The van der Waals surface area contributed by atoms with Crippen molar-refractivity contribution in [2.24, 2.45) is 0 Å². The second kappa shape index (κ2) is 8.73. The molecule has 0 aromatic heterocycles. The summed E-state index contributed by atoms with van der Waals surface area (Å²) in [6, 6.07) is 4.67. The van der Waals surface area contributed by atoms with E-state index in [1.54, 1.807) is 20.9 Å². The number of nitrogens with zero attached hydrogens (tertiary/aromatic N) is 1. The van der Waals surface area contributed by atoms with Crippen molar-refractivity contribution in [1.82, 2.24) is 5.32 Å². The fraction of sp³-hybridized carbons (Fsp3) is 0.381. The van der Waals surface area contributed by atoms with E-state index in [1.165, 1.54) is 11.0 Å². The minimum absolute atomic E-state index is 0.00834. The Hall–Kier alpha value is -3.02. The predicted molar refractivity (Wildman–Crippen MR) is 115 cm³/mol. The number of ether oxygens (including phenoxy) is 1. The lowest BCUT2D eigenvalue weighted by atomic mass is 10.0. The van der Waals surface area contributed by atoms with Crippen molar-refractivity contribution >= 4 is 27.3 Å². The van der Waals surface area contributed by atoms with Gasteiger partial charge in [0.2, 0.25) is 10.0 Å². The van der Waals surface area contributed by atoms with E-state index in [-0.39, 0.29) is 29.2 Å². The number of fused-ring (bicyclic) bond motifs is 1. The molecule has 0 saturated heterocycles. The van der Waals surface area contributed by atoms with Gasteiger partial charge in [0.1, 0.15) is 11.6 Å². The van der Waals surface area contributed by atoms with Crippen molar-refractivity contribution in [2.75, 3.05) is 29.5 Å². The average Bonchev–Trinajstić information content (AvgIpc) is 2.68. The molecule has 2 N–H and O–H groups in total. The number of sulfonamides is 1. The van der Waals surface area contributed by atoms with Crippen molar-refractivity contribution < 1.29 is 35.5 Å². The molecule has 0 bridgehead atoms. The van der Waals surface area contributed by atoms with E-state index < -0.39 is 45.6 Å². The quantitative estimate of drug-likeness (QED) is 0.627. The van der Waals surface area contributed by atoms with Gasteiger partial charge in [-0.25, -0.2) is 12.8 Å². The molecule has 1 aliphatic heterocycles. The number of amides is 1. The summed E-state index contributed by atoms with van der Waals surface area (Å²) in [6.45, 7) is 3.14. The molecular formula is C21H23F4N3O4S. The van der Waals surface area contributed by atoms with Gasteiger partial charge in [-0.15, -0.1) is 0 Å². The summed E-state index contributed by atoms with van der Waals surface area (Å²) in [6.07, 6.45) is -4.59. The van der Waals surface area contributed by atoms with Gasteiger partial charge in [-0.05, 0) is 49.7 Å². The zero-order chi connectivity index (χ0) is 24.7. The van der Waals surface area contributed by atoms with Crippen LogP contribution < -0.4 is 19.7 Å². The molecule has 2 atom stereocenters. The van der Waals surface area contributed by atoms with Crippen molar-refractivity contribution in [2.45, 2.75) is 32.2 Å². The second-order valence-corrected chi connectivity index (χ2v) is 9.71. The lowest BCUT2D eigenvalue weighted by Gasteiger charge is -2.34. The molecule has 2 aromatic rings. The number of anilines is 2. The Balaban J connectivity index is 1.75. The van der Waals surface area contributed by atoms with Crippen LogP contribution in [0.25, 0.3) is 0 Å². The molecule has 0 fully saturated rings. The van der Waals surface area contributed by atoms with Crippen LogP contribution in [0.3, 0.4) is 0 Å². The molecule has 1 unspecified atom stereocenters. The number of hydrogen-bond acceptors (Lipinski definition) is 5. The van der Waals surface area contributed by atoms with Crippen molar-refractivity contribution in [1.29, 1.82) is 0 Å². The second-order valence-electron chi connectivity index (χ2n) is 7.96. The van der Waals surface area contributed by atoms with Gasteiger partial charge in [-0.3, -0.25) is 9.52 Å². The number of likely N-dealkylation sites (N-methyl/N-ethyl adjacent to an activating group) is 1. The highest BCUT2D eigenvalue weighted by Crippen LogP contribution is 2.38. The molecule has 7 nitrogen and oxygen atoms in total. The van der Waals surface area contributed by atoms with Crippen molar-refractivity contribution in [3.63, 3.8) is 0 Å². The van der Waals surface area contributed by atoms with Crippen LogP contribution in [0.2, 0.25) is 0 Å². The van der Waals surface area contributed by atoms with E-state index in [1.807, 2.05) is 0 Å². The smallest absolute Gasteiger partial charge is 0.416 e. The summed E-state index contributed by atoms with van der Waals surface area (Å²) >= 11 is 0. The lowest BCUT2D eigenvalue weighted by Crippen LogP contribution is -2.48. The number of rotatable bonds is 5. The van der Waals surface area contributed by atoms with Crippen LogP contribution in [0, 0.1) is 12.7 Å². The largest absolute Gasteiger partial charge is 0.477 e. The van der Waals surface area contributed by atoms with Crippen LogP contribution in [0.15, 0.2) is 30.3 Å². The van der Waals surface area contributed by atoms with E-state index in [0.29, 0.717) is 5.56 Å². The number of hydrogen-bond donors (Lipinski definition) is 2. The monoisotopic (exact) mass is 489 g/mol. The Labute approximate surface area is 188 Å². The first-order chi connectivity index (χ1) is 15.2. The van der Waals surface area contributed by atoms with Gasteiger partial charge in [-0.1, -0.05) is 0 Å². The molecule has 0 aliphatic carbocycles. The minimum Gasteiger partial charge on any atom is -0.477 e. The molecule has 180 valence electrons. The Morgan fingerprint density at radius 3 is 2.52 bits per heavy atom. The highest BCUT2D eigenvalue weighted by Gasteiger charge is 2.35. The van der Waals surface area contributed by atoms with E-state index >= 15 is 0 Å². The third kappa shape index (κ3) is 5.67. The molecule has 0 spiro atoms. The molecule has 2 aromatic carbocycles. The van der Waals surface area contributed by atoms with Gasteiger partial charge in [0.05, 0.1) is 35.8 Å². The summed E-state index contributed by atoms with van der Waals surface area (Å²) in [5.41, 5.74) is 0.0649. The number of aryl methyl sites for hydroxylation is 1. The predicted octanol–water partition coefficient (Wildman–Crippen LogP) is 3.60. The summed E-state index contributed by atoms with van der Waals surface area (Å²) < 4.78 is 84.2. The van der Waals surface area contributed by atoms with Crippen molar-refractivity contribution in [3.8, 4) is 5.75 Å². The normalized spacial score (nSPS) is 17.1. The van der Waals surface area contributed by atoms with E-state index in [0.717, 1.165) is 30.5 Å². The molecule has 1 amide bonds. The first-order valence-corrected chi connectivity index (χ1v) is 11.7. The zero-order valence-corrected chi connectivity index (χ0v) is 19.1. The van der Waals surface area contributed by atoms with Gasteiger partial charge >= 0.3 is 6.18 Å². The number of carbonyl (C=O) groups excluding carboxylic acids is 1. The summed E-state index contributed by atoms with van der Waals surface area (Å²) in [7, 11) is -2.05. The lowest BCUT2D eigenvalue weighted by molar-refractivity contribution is -0.137. The van der Waals surface area contributed by atoms with Crippen LogP contribution in [0.1, 0.15) is 29.7 Å². The number of alkyl halides is 3. The highest BCUT2D eigenvalue weighted by atomic mass is 32.2. The third-order valence-electron chi connectivity index (χ3n) is 5.16. The molecule has 1 heterocycles. The molecule has 1 aliphatic rings. The Bertz CT molecular complexity index is 1180. The van der Waals surface area contributed by atoms with E-state index in [2.05, 4.69) is 10.0 Å². The van der Waals surface area contributed by atoms with Crippen LogP contribution in [0.4, 0.5) is 28.9 Å². The van der Waals surface area contributed by atoms with Crippen LogP contribution in [0.5, 0.6) is 5.75 Å². The Morgan fingerprint density at radius 1 is 1.24 bits per heavy atom. The number of carbonyl (C=O) groups is 1. The van der Waals surface area contributed by atoms with Gasteiger partial charge in [0.25, 0.3) is 5.91 Å². The fourth-order valence-electron chi connectivity index (χ4n) is 3.50. The van der Waals surface area contributed by atoms with Crippen molar-refractivity contribution in [3.05, 3.63) is 52.8 Å². The molecule has 0 saturated carbocycles. The molecule has 3 rings (SSSR count). The van der Waals surface area contributed by atoms with Crippen LogP contribution in [-0.4, -0.2) is 40.3 Å². The highest BCUT2D eigenvalue weighted by molar-refractivity contribution is 7.92. The number of benzene rings is 2. The van der Waals surface area contributed by atoms with Gasteiger partial charge in [0, 0.05) is 12.6 Å². The van der Waals surface area contributed by atoms with E-state index in [4.69, 9.17) is 4.74 Å². The maximum absolute atomic E-state index is 14.6. The van der Waals surface area contributed by atoms with Crippen LogP contribution in [-0.2, 0) is 21.0 Å². The van der Waals surface area contributed by atoms with E-state index in [9.17, 15) is 30.8 Å². The third-order valence-corrected chi connectivity index (χ3v) is 5.75. The maximum atomic E-state index is 14.6. The molecular weight excluding hydrogens is 466 g/mol.